The van der Waals surface area contributed by atoms with Crippen molar-refractivity contribution in [3.05, 3.63) is 124 Å². The average Bonchev–Trinajstić information content (AvgIpc) is 2.88. The van der Waals surface area contributed by atoms with Gasteiger partial charge in [0.2, 0.25) is 0 Å². The highest BCUT2D eigenvalue weighted by Crippen LogP contribution is 2.29. The summed E-state index contributed by atoms with van der Waals surface area (Å²) in [5.41, 5.74) is 4.49. The van der Waals surface area contributed by atoms with E-state index in [1.807, 2.05) is 31.2 Å². The Morgan fingerprint density at radius 1 is 0.892 bits per heavy atom. The Hall–Kier alpha value is -3.61. The SMILES string of the molecule is Cc1ccc(S(=O)(=O)N(Cc2ccc(C(=O)Nc3ccccc3C(C)C)cc2)c2cccc(Cl)c2)cc1. The lowest BCUT2D eigenvalue weighted by molar-refractivity contribution is 0.102. The highest BCUT2D eigenvalue weighted by Gasteiger charge is 2.25. The first-order valence-corrected chi connectivity index (χ1v) is 13.8. The molecular formula is C30H29ClN2O3S. The van der Waals surface area contributed by atoms with Crippen molar-refractivity contribution in [1.82, 2.24) is 0 Å². The zero-order chi connectivity index (χ0) is 26.6. The van der Waals surface area contributed by atoms with E-state index in [0.717, 1.165) is 22.4 Å². The molecule has 0 aliphatic rings. The third-order valence-corrected chi connectivity index (χ3v) is 8.10. The first kappa shape index (κ1) is 26.5. The smallest absolute Gasteiger partial charge is 0.264 e. The molecule has 0 aromatic heterocycles. The van der Waals surface area contributed by atoms with E-state index in [2.05, 4.69) is 19.2 Å². The first-order chi connectivity index (χ1) is 17.6. The predicted molar refractivity (Wildman–Crippen MR) is 151 cm³/mol. The van der Waals surface area contributed by atoms with Gasteiger partial charge in [0.25, 0.3) is 15.9 Å². The minimum absolute atomic E-state index is 0.0780. The molecule has 4 aromatic carbocycles. The topological polar surface area (TPSA) is 66.5 Å². The van der Waals surface area contributed by atoms with Crippen molar-refractivity contribution in [2.75, 3.05) is 9.62 Å². The lowest BCUT2D eigenvalue weighted by atomic mass is 10.0. The number of benzene rings is 4. The second-order valence-electron chi connectivity index (χ2n) is 9.20. The van der Waals surface area contributed by atoms with Gasteiger partial charge >= 0.3 is 0 Å². The molecule has 190 valence electrons. The number of amides is 1. The van der Waals surface area contributed by atoms with Crippen LogP contribution in [0.4, 0.5) is 11.4 Å². The molecule has 1 amide bonds. The summed E-state index contributed by atoms with van der Waals surface area (Å²) in [6.07, 6.45) is 0. The van der Waals surface area contributed by atoms with Crippen LogP contribution in [-0.4, -0.2) is 14.3 Å². The third kappa shape index (κ3) is 6.21. The lowest BCUT2D eigenvalue weighted by Gasteiger charge is -2.25. The van der Waals surface area contributed by atoms with E-state index in [1.165, 1.54) is 4.31 Å². The second-order valence-corrected chi connectivity index (χ2v) is 11.5. The maximum atomic E-state index is 13.6. The summed E-state index contributed by atoms with van der Waals surface area (Å²) < 4.78 is 28.6. The molecule has 4 aromatic rings. The molecule has 4 rings (SSSR count). The number of aryl methyl sites for hydroxylation is 1. The van der Waals surface area contributed by atoms with Crippen molar-refractivity contribution in [3.8, 4) is 0 Å². The summed E-state index contributed by atoms with van der Waals surface area (Å²) in [7, 11) is -3.87. The van der Waals surface area contributed by atoms with E-state index >= 15 is 0 Å². The van der Waals surface area contributed by atoms with Crippen molar-refractivity contribution >= 4 is 38.9 Å². The van der Waals surface area contributed by atoms with Crippen molar-refractivity contribution in [2.45, 2.75) is 38.1 Å². The number of hydrogen-bond acceptors (Lipinski definition) is 3. The summed E-state index contributed by atoms with van der Waals surface area (Å²) in [5.74, 6) is 0.0467. The molecule has 0 radical (unpaired) electrons. The van der Waals surface area contributed by atoms with Crippen LogP contribution in [-0.2, 0) is 16.6 Å². The number of nitrogens with zero attached hydrogens (tertiary/aromatic N) is 1. The van der Waals surface area contributed by atoms with Gasteiger partial charge in [-0.05, 0) is 72.5 Å². The normalized spacial score (nSPS) is 11.4. The summed E-state index contributed by atoms with van der Waals surface area (Å²) in [4.78, 5) is 13.1. The molecule has 0 spiro atoms. The largest absolute Gasteiger partial charge is 0.322 e. The van der Waals surface area contributed by atoms with E-state index < -0.39 is 10.0 Å². The fourth-order valence-corrected chi connectivity index (χ4v) is 5.65. The number of carbonyl (C=O) groups is 1. The molecule has 0 aliphatic heterocycles. The molecule has 0 bridgehead atoms. The number of carbonyl (C=O) groups excluding carboxylic acids is 1. The maximum absolute atomic E-state index is 13.6. The monoisotopic (exact) mass is 532 g/mol. The molecule has 7 heteroatoms. The Labute approximate surface area is 223 Å². The Bertz CT molecular complexity index is 1500. The zero-order valence-corrected chi connectivity index (χ0v) is 22.6. The number of hydrogen-bond donors (Lipinski definition) is 1. The third-order valence-electron chi connectivity index (χ3n) is 6.08. The Kier molecular flexibility index (Phi) is 8.00. The Morgan fingerprint density at radius 2 is 1.57 bits per heavy atom. The van der Waals surface area contributed by atoms with Crippen molar-refractivity contribution in [1.29, 1.82) is 0 Å². The molecule has 0 unspecified atom stereocenters. The predicted octanol–water partition coefficient (Wildman–Crippen LogP) is 7.42. The van der Waals surface area contributed by atoms with Gasteiger partial charge in [0.15, 0.2) is 0 Å². The van der Waals surface area contributed by atoms with Crippen molar-refractivity contribution in [3.63, 3.8) is 0 Å². The molecule has 0 atom stereocenters. The van der Waals surface area contributed by atoms with E-state index in [-0.39, 0.29) is 23.3 Å². The van der Waals surface area contributed by atoms with Crippen LogP contribution in [0.25, 0.3) is 0 Å². The van der Waals surface area contributed by atoms with Gasteiger partial charge in [0.05, 0.1) is 17.1 Å². The van der Waals surface area contributed by atoms with E-state index in [4.69, 9.17) is 11.6 Å². The molecule has 0 heterocycles. The molecule has 5 nitrogen and oxygen atoms in total. The van der Waals surface area contributed by atoms with Crippen LogP contribution in [0.15, 0.2) is 102 Å². The zero-order valence-electron chi connectivity index (χ0n) is 21.0. The minimum Gasteiger partial charge on any atom is -0.322 e. The second kappa shape index (κ2) is 11.2. The fraction of sp³-hybridized carbons (Fsp3) is 0.167. The molecule has 0 saturated heterocycles. The van der Waals surface area contributed by atoms with Crippen LogP contribution in [0.2, 0.25) is 5.02 Å². The highest BCUT2D eigenvalue weighted by molar-refractivity contribution is 7.92. The van der Waals surface area contributed by atoms with Gasteiger partial charge < -0.3 is 5.32 Å². The number of nitrogens with one attached hydrogen (secondary N) is 1. The minimum atomic E-state index is -3.87. The van der Waals surface area contributed by atoms with Gasteiger partial charge in [-0.25, -0.2) is 8.42 Å². The Morgan fingerprint density at radius 3 is 2.22 bits per heavy atom. The van der Waals surface area contributed by atoms with Gasteiger partial charge in [-0.1, -0.05) is 79.5 Å². The van der Waals surface area contributed by atoms with Gasteiger partial charge in [0.1, 0.15) is 0 Å². The van der Waals surface area contributed by atoms with Crippen LogP contribution in [0, 0.1) is 6.92 Å². The molecule has 0 saturated carbocycles. The number of para-hydroxylation sites is 1. The van der Waals surface area contributed by atoms with Gasteiger partial charge in [0, 0.05) is 16.3 Å². The van der Waals surface area contributed by atoms with Crippen LogP contribution in [0.5, 0.6) is 0 Å². The number of halogens is 1. The fourth-order valence-electron chi connectivity index (χ4n) is 4.02. The highest BCUT2D eigenvalue weighted by atomic mass is 35.5. The lowest BCUT2D eigenvalue weighted by Crippen LogP contribution is -2.30. The average molecular weight is 533 g/mol. The van der Waals surface area contributed by atoms with E-state index in [0.29, 0.717) is 16.3 Å². The van der Waals surface area contributed by atoms with E-state index in [9.17, 15) is 13.2 Å². The number of sulfonamides is 1. The van der Waals surface area contributed by atoms with E-state index in [1.54, 1.807) is 72.8 Å². The number of rotatable bonds is 8. The molecule has 0 fully saturated rings. The van der Waals surface area contributed by atoms with Crippen molar-refractivity contribution < 1.29 is 13.2 Å². The van der Waals surface area contributed by atoms with Gasteiger partial charge in [-0.3, -0.25) is 9.10 Å². The summed E-state index contributed by atoms with van der Waals surface area (Å²) in [5, 5.41) is 3.43. The maximum Gasteiger partial charge on any atom is 0.264 e. The van der Waals surface area contributed by atoms with Crippen LogP contribution in [0.3, 0.4) is 0 Å². The first-order valence-electron chi connectivity index (χ1n) is 12.0. The van der Waals surface area contributed by atoms with Crippen LogP contribution >= 0.6 is 11.6 Å². The molecule has 0 aliphatic carbocycles. The standard InChI is InChI=1S/C30H29ClN2O3S/c1-21(2)28-9-4-5-10-29(28)32-30(34)24-15-13-23(14-16-24)20-33(26-8-6-7-25(31)19-26)37(35,36)27-17-11-22(3)12-18-27/h4-19,21H,20H2,1-3H3,(H,32,34). The molecular weight excluding hydrogens is 504 g/mol. The quantitative estimate of drug-likeness (QED) is 0.257. The van der Waals surface area contributed by atoms with Crippen molar-refractivity contribution in [2.24, 2.45) is 0 Å². The molecule has 37 heavy (non-hydrogen) atoms. The summed E-state index contributed by atoms with van der Waals surface area (Å²) in [6.45, 7) is 6.14. The Balaban J connectivity index is 1.60. The summed E-state index contributed by atoms with van der Waals surface area (Å²) in [6, 6.07) is 28.2. The molecule has 1 N–H and O–H groups in total. The number of anilines is 2. The van der Waals surface area contributed by atoms with Crippen LogP contribution < -0.4 is 9.62 Å². The van der Waals surface area contributed by atoms with Gasteiger partial charge in [-0.15, -0.1) is 0 Å². The van der Waals surface area contributed by atoms with Crippen LogP contribution in [0.1, 0.15) is 46.8 Å². The van der Waals surface area contributed by atoms with Gasteiger partial charge in [-0.2, -0.15) is 0 Å². The summed E-state index contributed by atoms with van der Waals surface area (Å²) >= 11 is 6.20.